The van der Waals surface area contributed by atoms with Crippen molar-refractivity contribution in [3.63, 3.8) is 0 Å². The second-order valence-corrected chi connectivity index (χ2v) is 4.60. The van der Waals surface area contributed by atoms with Crippen LogP contribution in [0.2, 0.25) is 0 Å². The molecular formula is C13H15NO2. The number of amides is 1. The fourth-order valence-electron chi connectivity index (χ4n) is 2.39. The Morgan fingerprint density at radius 2 is 2.12 bits per heavy atom. The van der Waals surface area contributed by atoms with Crippen LogP contribution < -0.4 is 4.90 Å². The van der Waals surface area contributed by atoms with Gasteiger partial charge in [0, 0.05) is 19.2 Å². The number of hydrogen-bond acceptors (Lipinski definition) is 2. The van der Waals surface area contributed by atoms with Crippen molar-refractivity contribution in [3.05, 3.63) is 29.3 Å². The van der Waals surface area contributed by atoms with Crippen molar-refractivity contribution < 1.29 is 9.53 Å². The van der Waals surface area contributed by atoms with Crippen LogP contribution in [-0.2, 0) is 16.0 Å². The summed E-state index contributed by atoms with van der Waals surface area (Å²) in [6.07, 6.45) is 2.09. The van der Waals surface area contributed by atoms with Crippen molar-refractivity contribution in [2.45, 2.75) is 32.0 Å². The van der Waals surface area contributed by atoms with E-state index >= 15 is 0 Å². The molecule has 0 aromatic heterocycles. The summed E-state index contributed by atoms with van der Waals surface area (Å²) in [6, 6.07) is 6.30. The minimum Gasteiger partial charge on any atom is -0.365 e. The van der Waals surface area contributed by atoms with Gasteiger partial charge in [-0.2, -0.15) is 0 Å². The summed E-state index contributed by atoms with van der Waals surface area (Å²) in [4.78, 5) is 13.3. The highest BCUT2D eigenvalue weighted by Gasteiger charge is 2.36. The monoisotopic (exact) mass is 217 g/mol. The van der Waals surface area contributed by atoms with Crippen molar-refractivity contribution in [3.8, 4) is 0 Å². The largest absolute Gasteiger partial charge is 0.365 e. The van der Waals surface area contributed by atoms with Crippen LogP contribution in [0.3, 0.4) is 0 Å². The fraction of sp³-hybridized carbons (Fsp3) is 0.462. The van der Waals surface area contributed by atoms with Gasteiger partial charge in [0.25, 0.3) is 0 Å². The summed E-state index contributed by atoms with van der Waals surface area (Å²) < 4.78 is 5.46. The van der Waals surface area contributed by atoms with E-state index in [9.17, 15) is 4.79 Å². The molecule has 84 valence electrons. The molecule has 0 aliphatic carbocycles. The number of nitrogens with zero attached hydrogens (tertiary/aromatic N) is 1. The highest BCUT2D eigenvalue weighted by Crippen LogP contribution is 2.40. The van der Waals surface area contributed by atoms with Gasteiger partial charge in [0.1, 0.15) is 6.10 Å². The highest BCUT2D eigenvalue weighted by molar-refractivity contribution is 5.95. The lowest BCUT2D eigenvalue weighted by atomic mass is 9.97. The summed E-state index contributed by atoms with van der Waals surface area (Å²) in [6.45, 7) is 2.08. The van der Waals surface area contributed by atoms with Gasteiger partial charge in [0.05, 0.1) is 6.10 Å². The van der Waals surface area contributed by atoms with Gasteiger partial charge in [0.15, 0.2) is 0 Å². The Kier molecular flexibility index (Phi) is 2.04. The summed E-state index contributed by atoms with van der Waals surface area (Å²) >= 11 is 0. The van der Waals surface area contributed by atoms with Gasteiger partial charge >= 0.3 is 0 Å². The zero-order valence-corrected chi connectivity index (χ0v) is 9.56. The molecule has 0 saturated carbocycles. The van der Waals surface area contributed by atoms with E-state index < -0.39 is 0 Å². The fourth-order valence-corrected chi connectivity index (χ4v) is 2.39. The highest BCUT2D eigenvalue weighted by atomic mass is 16.6. The third-order valence-corrected chi connectivity index (χ3v) is 3.49. The Balaban J connectivity index is 1.97. The van der Waals surface area contributed by atoms with E-state index in [2.05, 4.69) is 19.1 Å². The van der Waals surface area contributed by atoms with Gasteiger partial charge < -0.3 is 9.64 Å². The Bertz CT molecular complexity index is 455. The first-order valence-corrected chi connectivity index (χ1v) is 5.71. The SMILES string of the molecule is CC1OC1c1ccc2c(c1)CCC(=O)N2C. The van der Waals surface area contributed by atoms with Gasteiger partial charge in [0.2, 0.25) is 5.91 Å². The molecule has 2 aliphatic rings. The molecule has 1 fully saturated rings. The number of rotatable bonds is 1. The van der Waals surface area contributed by atoms with Crippen molar-refractivity contribution in [2.24, 2.45) is 0 Å². The molecule has 1 aromatic carbocycles. The first kappa shape index (κ1) is 9.85. The first-order chi connectivity index (χ1) is 7.66. The van der Waals surface area contributed by atoms with E-state index in [-0.39, 0.29) is 12.0 Å². The van der Waals surface area contributed by atoms with E-state index in [1.54, 1.807) is 4.90 Å². The normalized spacial score (nSPS) is 27.9. The maximum atomic E-state index is 11.5. The predicted octanol–water partition coefficient (Wildman–Crippen LogP) is 2.06. The lowest BCUT2D eigenvalue weighted by molar-refractivity contribution is -0.118. The second-order valence-electron chi connectivity index (χ2n) is 4.60. The lowest BCUT2D eigenvalue weighted by Gasteiger charge is -2.26. The smallest absolute Gasteiger partial charge is 0.227 e. The molecule has 0 bridgehead atoms. The van der Waals surface area contributed by atoms with Crippen LogP contribution >= 0.6 is 0 Å². The molecule has 2 unspecified atom stereocenters. The van der Waals surface area contributed by atoms with Crippen molar-refractivity contribution in [1.82, 2.24) is 0 Å². The topological polar surface area (TPSA) is 32.8 Å². The molecule has 0 N–H and O–H groups in total. The van der Waals surface area contributed by atoms with Crippen LogP contribution in [0, 0.1) is 0 Å². The quantitative estimate of drug-likeness (QED) is 0.674. The molecule has 2 heterocycles. The molecule has 2 atom stereocenters. The average molecular weight is 217 g/mol. The number of carbonyl (C=O) groups excluding carboxylic acids is 1. The number of anilines is 1. The Morgan fingerprint density at radius 1 is 1.38 bits per heavy atom. The molecule has 0 spiro atoms. The molecule has 0 radical (unpaired) electrons. The molecule has 1 aromatic rings. The number of ether oxygens (including phenoxy) is 1. The number of benzene rings is 1. The molecule has 3 nitrogen and oxygen atoms in total. The van der Waals surface area contributed by atoms with Crippen LogP contribution in [0.15, 0.2) is 18.2 Å². The van der Waals surface area contributed by atoms with E-state index in [0.29, 0.717) is 12.5 Å². The van der Waals surface area contributed by atoms with Crippen molar-refractivity contribution >= 4 is 11.6 Å². The molecule has 3 heteroatoms. The van der Waals surface area contributed by atoms with Crippen LogP contribution in [0.5, 0.6) is 0 Å². The van der Waals surface area contributed by atoms with Crippen molar-refractivity contribution in [1.29, 1.82) is 0 Å². The number of fused-ring (bicyclic) bond motifs is 1. The second kappa shape index (κ2) is 3.32. The minimum atomic E-state index is 0.205. The zero-order valence-electron chi connectivity index (χ0n) is 9.56. The number of aryl methyl sites for hydroxylation is 1. The average Bonchev–Trinajstić information content (AvgIpc) is 3.01. The standard InChI is InChI=1S/C13H15NO2/c1-8-13(16-8)10-3-5-11-9(7-10)4-6-12(15)14(11)2/h3,5,7-8,13H,4,6H2,1-2H3. The third kappa shape index (κ3) is 1.43. The van der Waals surface area contributed by atoms with Crippen LogP contribution in [0.25, 0.3) is 0 Å². The summed E-state index contributed by atoms with van der Waals surface area (Å²) in [5.41, 5.74) is 3.56. The van der Waals surface area contributed by atoms with Crippen LogP contribution in [-0.4, -0.2) is 19.1 Å². The van der Waals surface area contributed by atoms with E-state index in [0.717, 1.165) is 12.1 Å². The van der Waals surface area contributed by atoms with Gasteiger partial charge in [-0.3, -0.25) is 4.79 Å². The van der Waals surface area contributed by atoms with Gasteiger partial charge in [-0.05, 0) is 30.5 Å². The molecule has 16 heavy (non-hydrogen) atoms. The maximum Gasteiger partial charge on any atom is 0.227 e. The van der Waals surface area contributed by atoms with Crippen LogP contribution in [0.1, 0.15) is 30.6 Å². The molecular weight excluding hydrogens is 202 g/mol. The third-order valence-electron chi connectivity index (χ3n) is 3.49. The number of epoxide rings is 1. The maximum absolute atomic E-state index is 11.5. The summed E-state index contributed by atoms with van der Waals surface area (Å²) in [5.74, 6) is 0.205. The molecule has 1 amide bonds. The van der Waals surface area contributed by atoms with E-state index in [1.165, 1.54) is 11.1 Å². The van der Waals surface area contributed by atoms with Gasteiger partial charge in [-0.1, -0.05) is 12.1 Å². The van der Waals surface area contributed by atoms with Gasteiger partial charge in [-0.25, -0.2) is 0 Å². The van der Waals surface area contributed by atoms with Crippen molar-refractivity contribution in [2.75, 3.05) is 11.9 Å². The summed E-state index contributed by atoms with van der Waals surface area (Å²) in [5, 5.41) is 0. The molecule has 2 aliphatic heterocycles. The number of hydrogen-bond donors (Lipinski definition) is 0. The van der Waals surface area contributed by atoms with E-state index in [4.69, 9.17) is 4.74 Å². The minimum absolute atomic E-state index is 0.205. The predicted molar refractivity (Wildman–Crippen MR) is 61.5 cm³/mol. The van der Waals surface area contributed by atoms with Crippen LogP contribution in [0.4, 0.5) is 5.69 Å². The van der Waals surface area contributed by atoms with Gasteiger partial charge in [-0.15, -0.1) is 0 Å². The Hall–Kier alpha value is -1.35. The molecule has 3 rings (SSSR count). The Morgan fingerprint density at radius 3 is 2.81 bits per heavy atom. The molecule has 1 saturated heterocycles. The number of carbonyl (C=O) groups is 1. The summed E-state index contributed by atoms with van der Waals surface area (Å²) in [7, 11) is 1.84. The first-order valence-electron chi connectivity index (χ1n) is 5.71. The lowest BCUT2D eigenvalue weighted by Crippen LogP contribution is -2.31. The van der Waals surface area contributed by atoms with E-state index in [1.807, 2.05) is 13.1 Å². The zero-order chi connectivity index (χ0) is 11.3. The Labute approximate surface area is 95.0 Å².